The van der Waals surface area contributed by atoms with Gasteiger partial charge in [0, 0.05) is 25.2 Å². The lowest BCUT2D eigenvalue weighted by Crippen LogP contribution is -2.39. The fourth-order valence-electron chi connectivity index (χ4n) is 2.70. The summed E-state index contributed by atoms with van der Waals surface area (Å²) < 4.78 is 1.63. The molecular weight excluding hydrogens is 304 g/mol. The Bertz CT molecular complexity index is 739. The number of nitrogens with one attached hydrogen (secondary N) is 1. The van der Waals surface area contributed by atoms with Crippen LogP contribution in [0.3, 0.4) is 0 Å². The Labute approximate surface area is 141 Å². The third-order valence-electron chi connectivity index (χ3n) is 4.31. The molecule has 0 spiro atoms. The van der Waals surface area contributed by atoms with E-state index in [9.17, 15) is 9.59 Å². The molecule has 2 amide bonds. The van der Waals surface area contributed by atoms with Crippen molar-refractivity contribution in [1.29, 1.82) is 0 Å². The van der Waals surface area contributed by atoms with Crippen molar-refractivity contribution in [2.45, 2.75) is 39.4 Å². The average Bonchev–Trinajstić information content (AvgIpc) is 3.03. The van der Waals surface area contributed by atoms with Gasteiger partial charge in [-0.05, 0) is 18.9 Å². The molecule has 0 bridgehead atoms. The molecule has 24 heavy (non-hydrogen) atoms. The topological polar surface area (TPSA) is 67.2 Å². The first-order valence-electron chi connectivity index (χ1n) is 8.30. The lowest BCUT2D eigenvalue weighted by atomic mass is 10.2. The van der Waals surface area contributed by atoms with Gasteiger partial charge >= 0.3 is 0 Å². The van der Waals surface area contributed by atoms with Crippen LogP contribution in [0.5, 0.6) is 0 Å². The van der Waals surface area contributed by atoms with E-state index in [1.807, 2.05) is 44.2 Å². The average molecular weight is 326 g/mol. The zero-order chi connectivity index (χ0) is 17.1. The lowest BCUT2D eigenvalue weighted by Gasteiger charge is -2.27. The first-order valence-corrected chi connectivity index (χ1v) is 8.30. The maximum Gasteiger partial charge on any atom is 0.272 e. The monoisotopic (exact) mass is 326 g/mol. The normalized spacial score (nSPS) is 15.1. The summed E-state index contributed by atoms with van der Waals surface area (Å²) in [6.07, 6.45) is 0.850. The molecule has 1 aliphatic rings. The Hall–Kier alpha value is -2.63. The van der Waals surface area contributed by atoms with E-state index >= 15 is 0 Å². The molecule has 126 valence electrons. The molecule has 0 saturated heterocycles. The molecule has 2 heterocycles. The second kappa shape index (κ2) is 6.86. The Kier molecular flexibility index (Phi) is 4.64. The quantitative estimate of drug-likeness (QED) is 0.914. The first-order chi connectivity index (χ1) is 11.6. The highest BCUT2D eigenvalue weighted by Crippen LogP contribution is 2.16. The summed E-state index contributed by atoms with van der Waals surface area (Å²) in [7, 11) is 0. The Morgan fingerprint density at radius 2 is 2.04 bits per heavy atom. The largest absolute Gasteiger partial charge is 0.348 e. The van der Waals surface area contributed by atoms with Gasteiger partial charge < -0.3 is 10.2 Å². The number of amides is 2. The molecule has 1 aromatic heterocycles. The van der Waals surface area contributed by atoms with Crippen LogP contribution in [0.2, 0.25) is 0 Å². The number of hydrogen-bond acceptors (Lipinski definition) is 3. The molecule has 1 N–H and O–H groups in total. The van der Waals surface area contributed by atoms with Crippen molar-refractivity contribution in [3.05, 3.63) is 53.3 Å². The molecule has 3 rings (SSSR count). The third-order valence-corrected chi connectivity index (χ3v) is 4.31. The van der Waals surface area contributed by atoms with Crippen LogP contribution in [-0.4, -0.2) is 39.1 Å². The van der Waals surface area contributed by atoms with Crippen molar-refractivity contribution in [2.75, 3.05) is 6.54 Å². The van der Waals surface area contributed by atoms with E-state index in [0.717, 1.165) is 12.0 Å². The minimum absolute atomic E-state index is 0.0832. The molecule has 2 aromatic rings. The number of hydrogen-bond donors (Lipinski definition) is 1. The molecule has 0 saturated carbocycles. The summed E-state index contributed by atoms with van der Waals surface area (Å²) in [6, 6.07) is 11.6. The van der Waals surface area contributed by atoms with E-state index in [1.165, 1.54) is 0 Å². The number of carbonyl (C=O) groups excluding carboxylic acids is 2. The predicted molar refractivity (Wildman–Crippen MR) is 90.6 cm³/mol. The second-order valence-corrected chi connectivity index (χ2v) is 6.13. The molecule has 0 aliphatic carbocycles. The molecule has 1 aliphatic heterocycles. The van der Waals surface area contributed by atoms with E-state index in [0.29, 0.717) is 31.0 Å². The summed E-state index contributed by atoms with van der Waals surface area (Å²) in [6.45, 7) is 5.72. The molecule has 0 fully saturated rings. The maximum absolute atomic E-state index is 12.7. The van der Waals surface area contributed by atoms with Crippen molar-refractivity contribution < 1.29 is 9.59 Å². The van der Waals surface area contributed by atoms with Crippen LogP contribution < -0.4 is 5.32 Å². The number of carbonyl (C=O) groups is 2. The lowest BCUT2D eigenvalue weighted by molar-refractivity contribution is 0.0683. The van der Waals surface area contributed by atoms with Crippen LogP contribution >= 0.6 is 0 Å². The van der Waals surface area contributed by atoms with Crippen molar-refractivity contribution in [3.63, 3.8) is 0 Å². The minimum Gasteiger partial charge on any atom is -0.348 e. The Morgan fingerprint density at radius 3 is 2.75 bits per heavy atom. The molecule has 1 atom stereocenters. The van der Waals surface area contributed by atoms with Crippen LogP contribution in [0.1, 0.15) is 46.8 Å². The van der Waals surface area contributed by atoms with Gasteiger partial charge in [0.2, 0.25) is 0 Å². The fraction of sp³-hybridized carbons (Fsp3) is 0.389. The maximum atomic E-state index is 12.7. The summed E-state index contributed by atoms with van der Waals surface area (Å²) in [5, 5.41) is 7.17. The van der Waals surface area contributed by atoms with Crippen molar-refractivity contribution >= 4 is 11.8 Å². The van der Waals surface area contributed by atoms with Crippen molar-refractivity contribution in [3.8, 4) is 0 Å². The number of nitrogens with zero attached hydrogens (tertiary/aromatic N) is 3. The molecular formula is C18H22N4O2. The number of fused-ring (bicyclic) bond motifs is 1. The van der Waals surface area contributed by atoms with Crippen LogP contribution in [0, 0.1) is 0 Å². The summed E-state index contributed by atoms with van der Waals surface area (Å²) >= 11 is 0. The highest BCUT2D eigenvalue weighted by molar-refractivity contribution is 5.98. The highest BCUT2D eigenvalue weighted by atomic mass is 16.2. The van der Waals surface area contributed by atoms with E-state index in [-0.39, 0.29) is 17.9 Å². The van der Waals surface area contributed by atoms with Crippen molar-refractivity contribution in [1.82, 2.24) is 20.0 Å². The first kappa shape index (κ1) is 16.2. The van der Waals surface area contributed by atoms with Crippen molar-refractivity contribution in [2.24, 2.45) is 0 Å². The van der Waals surface area contributed by atoms with E-state index in [4.69, 9.17) is 0 Å². The molecule has 1 aromatic carbocycles. The van der Waals surface area contributed by atoms with Crippen LogP contribution in [-0.2, 0) is 13.1 Å². The number of aromatic nitrogens is 2. The van der Waals surface area contributed by atoms with Gasteiger partial charge in [-0.3, -0.25) is 14.3 Å². The van der Waals surface area contributed by atoms with Gasteiger partial charge in [0.25, 0.3) is 11.8 Å². The van der Waals surface area contributed by atoms with Gasteiger partial charge in [-0.1, -0.05) is 37.3 Å². The SMILES string of the molecule is CCC(C)NC(=O)c1cc2n(n1)CCN(Cc1ccccc1)C2=O. The fourth-order valence-corrected chi connectivity index (χ4v) is 2.70. The standard InChI is InChI=1S/C18H22N4O2/c1-3-13(2)19-17(23)15-11-16-18(24)21(9-10-22(16)20-15)12-14-7-5-4-6-8-14/h4-8,11,13H,3,9-10,12H2,1-2H3,(H,19,23). The number of rotatable bonds is 5. The van der Waals surface area contributed by atoms with E-state index in [2.05, 4.69) is 10.4 Å². The molecule has 6 heteroatoms. The summed E-state index contributed by atoms with van der Waals surface area (Å²) in [5.41, 5.74) is 1.88. The van der Waals surface area contributed by atoms with Gasteiger partial charge in [0.15, 0.2) is 5.69 Å². The minimum atomic E-state index is -0.228. The van der Waals surface area contributed by atoms with E-state index in [1.54, 1.807) is 15.6 Å². The zero-order valence-corrected chi connectivity index (χ0v) is 14.0. The molecule has 1 unspecified atom stereocenters. The summed E-state index contributed by atoms with van der Waals surface area (Å²) in [5.74, 6) is -0.311. The van der Waals surface area contributed by atoms with Gasteiger partial charge in [-0.25, -0.2) is 0 Å². The predicted octanol–water partition coefficient (Wildman–Crippen LogP) is 2.07. The highest BCUT2D eigenvalue weighted by Gasteiger charge is 2.28. The smallest absolute Gasteiger partial charge is 0.272 e. The zero-order valence-electron chi connectivity index (χ0n) is 14.0. The van der Waals surface area contributed by atoms with Crippen LogP contribution in [0.15, 0.2) is 36.4 Å². The van der Waals surface area contributed by atoms with Crippen LogP contribution in [0.25, 0.3) is 0 Å². The second-order valence-electron chi connectivity index (χ2n) is 6.13. The Balaban J connectivity index is 1.75. The molecule has 6 nitrogen and oxygen atoms in total. The third kappa shape index (κ3) is 3.32. The number of benzene rings is 1. The van der Waals surface area contributed by atoms with Gasteiger partial charge in [-0.15, -0.1) is 0 Å². The Morgan fingerprint density at radius 1 is 1.29 bits per heavy atom. The van der Waals surface area contributed by atoms with Gasteiger partial charge in [0.1, 0.15) is 5.69 Å². The van der Waals surface area contributed by atoms with Crippen LogP contribution in [0.4, 0.5) is 0 Å². The molecule has 0 radical (unpaired) electrons. The summed E-state index contributed by atoms with van der Waals surface area (Å²) in [4.78, 5) is 26.7. The van der Waals surface area contributed by atoms with E-state index < -0.39 is 0 Å². The van der Waals surface area contributed by atoms with Gasteiger partial charge in [-0.2, -0.15) is 5.10 Å². The van der Waals surface area contributed by atoms with Gasteiger partial charge in [0.05, 0.1) is 6.54 Å².